The minimum atomic E-state index is 0.0533. The Morgan fingerprint density at radius 3 is 2.55 bits per heavy atom. The first-order chi connectivity index (χ1) is 10.6. The van der Waals surface area contributed by atoms with Crippen LogP contribution in [0.25, 0.3) is 0 Å². The van der Waals surface area contributed by atoms with Crippen LogP contribution in [-0.4, -0.2) is 65.0 Å². The maximum atomic E-state index is 12.5. The monoisotopic (exact) mass is 327 g/mol. The van der Waals surface area contributed by atoms with E-state index in [-0.39, 0.29) is 11.9 Å². The van der Waals surface area contributed by atoms with E-state index in [1.54, 1.807) is 6.92 Å². The quantitative estimate of drug-likeness (QED) is 0.865. The van der Waals surface area contributed by atoms with Crippen molar-refractivity contribution in [1.29, 1.82) is 0 Å². The van der Waals surface area contributed by atoms with Crippen LogP contribution in [0.4, 0.5) is 4.79 Å². The summed E-state index contributed by atoms with van der Waals surface area (Å²) in [5.41, 5.74) is 0. The highest BCUT2D eigenvalue weighted by Gasteiger charge is 2.26. The molecule has 0 aromatic rings. The van der Waals surface area contributed by atoms with Gasteiger partial charge < -0.3 is 15.1 Å². The van der Waals surface area contributed by atoms with Crippen LogP contribution in [0, 0.1) is 0 Å². The topological polar surface area (TPSA) is 52.7 Å². The van der Waals surface area contributed by atoms with Crippen LogP contribution in [0.2, 0.25) is 0 Å². The van der Waals surface area contributed by atoms with E-state index in [0.717, 1.165) is 38.1 Å². The van der Waals surface area contributed by atoms with Gasteiger partial charge in [0, 0.05) is 44.4 Å². The lowest BCUT2D eigenvalue weighted by atomic mass is 9.95. The van der Waals surface area contributed by atoms with Crippen molar-refractivity contribution in [3.8, 4) is 0 Å². The van der Waals surface area contributed by atoms with E-state index in [1.165, 1.54) is 12.8 Å². The van der Waals surface area contributed by atoms with Gasteiger partial charge in [0.2, 0.25) is 5.91 Å². The summed E-state index contributed by atoms with van der Waals surface area (Å²) in [5.74, 6) is 1.26. The van der Waals surface area contributed by atoms with Crippen molar-refractivity contribution in [3.63, 3.8) is 0 Å². The van der Waals surface area contributed by atoms with E-state index >= 15 is 0 Å². The maximum absolute atomic E-state index is 12.5. The second kappa shape index (κ2) is 8.65. The molecule has 2 fully saturated rings. The fourth-order valence-electron chi connectivity index (χ4n) is 3.36. The van der Waals surface area contributed by atoms with E-state index in [1.807, 2.05) is 21.6 Å². The highest BCUT2D eigenvalue weighted by molar-refractivity contribution is 7.99. The van der Waals surface area contributed by atoms with Gasteiger partial charge in [-0.05, 0) is 31.4 Å². The Morgan fingerprint density at radius 2 is 1.82 bits per heavy atom. The maximum Gasteiger partial charge on any atom is 0.317 e. The third-order valence-electron chi connectivity index (χ3n) is 4.58. The first kappa shape index (κ1) is 17.4. The van der Waals surface area contributed by atoms with Crippen LogP contribution >= 0.6 is 11.8 Å². The Balaban J connectivity index is 1.80. The SMILES string of the molecule is CCS[C@@H]1CCC[C@@H](NC(=O)N2CCCN(C(C)=O)CC2)C1. The van der Waals surface area contributed by atoms with Gasteiger partial charge in [0.15, 0.2) is 0 Å². The molecule has 0 aromatic heterocycles. The summed E-state index contributed by atoms with van der Waals surface area (Å²) in [6.45, 7) is 6.61. The molecular formula is C16H29N3O2S. The van der Waals surface area contributed by atoms with E-state index in [9.17, 15) is 9.59 Å². The van der Waals surface area contributed by atoms with Crippen molar-refractivity contribution in [3.05, 3.63) is 0 Å². The number of carbonyl (C=O) groups excluding carboxylic acids is 2. The van der Waals surface area contributed by atoms with Crippen LogP contribution in [0.5, 0.6) is 0 Å². The van der Waals surface area contributed by atoms with Crippen molar-refractivity contribution in [2.24, 2.45) is 0 Å². The molecule has 1 saturated carbocycles. The van der Waals surface area contributed by atoms with E-state index in [4.69, 9.17) is 0 Å². The largest absolute Gasteiger partial charge is 0.341 e. The average molecular weight is 327 g/mol. The summed E-state index contributed by atoms with van der Waals surface area (Å²) in [6, 6.07) is 0.370. The zero-order valence-corrected chi connectivity index (χ0v) is 14.7. The highest BCUT2D eigenvalue weighted by Crippen LogP contribution is 2.28. The fraction of sp³-hybridized carbons (Fsp3) is 0.875. The zero-order chi connectivity index (χ0) is 15.9. The van der Waals surface area contributed by atoms with Crippen molar-refractivity contribution in [2.75, 3.05) is 31.9 Å². The van der Waals surface area contributed by atoms with Gasteiger partial charge in [-0.2, -0.15) is 11.8 Å². The molecule has 3 amide bonds. The van der Waals surface area contributed by atoms with Crippen LogP contribution in [0.1, 0.15) is 46.0 Å². The van der Waals surface area contributed by atoms with Gasteiger partial charge in [-0.25, -0.2) is 4.79 Å². The van der Waals surface area contributed by atoms with Crippen LogP contribution < -0.4 is 5.32 Å². The number of hydrogen-bond donors (Lipinski definition) is 1. The Hall–Kier alpha value is -0.910. The Morgan fingerprint density at radius 1 is 1.09 bits per heavy atom. The summed E-state index contributed by atoms with van der Waals surface area (Å²) >= 11 is 2.02. The predicted molar refractivity (Wildman–Crippen MR) is 91.2 cm³/mol. The van der Waals surface area contributed by atoms with Gasteiger partial charge in [-0.3, -0.25) is 4.79 Å². The normalized spacial score (nSPS) is 26.5. The number of amides is 3. The minimum Gasteiger partial charge on any atom is -0.341 e. The molecule has 1 aliphatic heterocycles. The highest BCUT2D eigenvalue weighted by atomic mass is 32.2. The van der Waals surface area contributed by atoms with E-state index in [2.05, 4.69) is 12.2 Å². The standard InChI is InChI=1S/C16H29N3O2S/c1-3-22-15-7-4-6-14(12-15)17-16(21)19-9-5-8-18(10-11-19)13(2)20/h14-15H,3-12H2,1-2H3,(H,17,21)/t14-,15-/m1/s1. The molecular weight excluding hydrogens is 298 g/mol. The number of carbonyl (C=O) groups is 2. The smallest absolute Gasteiger partial charge is 0.317 e. The number of nitrogens with zero attached hydrogens (tertiary/aromatic N) is 2. The number of urea groups is 1. The Bertz CT molecular complexity index is 390. The van der Waals surface area contributed by atoms with Crippen LogP contribution in [0.3, 0.4) is 0 Å². The minimum absolute atomic E-state index is 0.0533. The first-order valence-corrected chi connectivity index (χ1v) is 9.57. The van der Waals surface area contributed by atoms with Crippen molar-refractivity contribution in [2.45, 2.75) is 57.2 Å². The summed E-state index contributed by atoms with van der Waals surface area (Å²) in [5, 5.41) is 3.91. The van der Waals surface area contributed by atoms with Gasteiger partial charge in [-0.1, -0.05) is 13.3 Å². The Labute approximate surface area is 138 Å². The second-order valence-electron chi connectivity index (χ2n) is 6.24. The van der Waals surface area contributed by atoms with Crippen LogP contribution in [0.15, 0.2) is 0 Å². The van der Waals surface area contributed by atoms with E-state index in [0.29, 0.717) is 24.4 Å². The van der Waals surface area contributed by atoms with Crippen molar-refractivity contribution >= 4 is 23.7 Å². The second-order valence-corrected chi connectivity index (χ2v) is 7.81. The first-order valence-electron chi connectivity index (χ1n) is 8.52. The molecule has 0 unspecified atom stereocenters. The molecule has 1 aliphatic carbocycles. The van der Waals surface area contributed by atoms with E-state index < -0.39 is 0 Å². The number of thioether (sulfide) groups is 1. The molecule has 0 bridgehead atoms. The van der Waals surface area contributed by atoms with Gasteiger partial charge in [0.25, 0.3) is 0 Å². The molecule has 1 N–H and O–H groups in total. The molecule has 6 heteroatoms. The molecule has 1 heterocycles. The molecule has 2 rings (SSSR count). The van der Waals surface area contributed by atoms with Gasteiger partial charge >= 0.3 is 6.03 Å². The Kier molecular flexibility index (Phi) is 6.86. The van der Waals surface area contributed by atoms with Gasteiger partial charge in [0.1, 0.15) is 0 Å². The van der Waals surface area contributed by atoms with Crippen molar-refractivity contribution in [1.82, 2.24) is 15.1 Å². The molecule has 22 heavy (non-hydrogen) atoms. The average Bonchev–Trinajstić information content (AvgIpc) is 2.74. The lowest BCUT2D eigenvalue weighted by molar-refractivity contribution is -0.128. The number of hydrogen-bond acceptors (Lipinski definition) is 3. The summed E-state index contributed by atoms with van der Waals surface area (Å²) in [7, 11) is 0. The van der Waals surface area contributed by atoms with Gasteiger partial charge in [0.05, 0.1) is 0 Å². The third-order valence-corrected chi connectivity index (χ3v) is 5.82. The molecule has 0 spiro atoms. The molecule has 0 aromatic carbocycles. The predicted octanol–water partition coefficient (Wildman–Crippen LogP) is 2.31. The molecule has 5 nitrogen and oxygen atoms in total. The molecule has 0 radical (unpaired) electrons. The van der Waals surface area contributed by atoms with Gasteiger partial charge in [-0.15, -0.1) is 0 Å². The zero-order valence-electron chi connectivity index (χ0n) is 13.8. The number of nitrogens with one attached hydrogen (secondary N) is 1. The third kappa shape index (κ3) is 5.07. The molecule has 126 valence electrons. The molecule has 2 aliphatic rings. The molecule has 1 saturated heterocycles. The van der Waals surface area contributed by atoms with Crippen molar-refractivity contribution < 1.29 is 9.59 Å². The lowest BCUT2D eigenvalue weighted by Gasteiger charge is -2.31. The lowest BCUT2D eigenvalue weighted by Crippen LogP contribution is -2.47. The summed E-state index contributed by atoms with van der Waals surface area (Å²) < 4.78 is 0. The summed E-state index contributed by atoms with van der Waals surface area (Å²) in [6.07, 6.45) is 5.55. The molecule has 2 atom stereocenters. The summed E-state index contributed by atoms with van der Waals surface area (Å²) in [4.78, 5) is 27.6. The van der Waals surface area contributed by atoms with Crippen LogP contribution in [-0.2, 0) is 4.79 Å². The number of rotatable bonds is 3. The fourth-order valence-corrected chi connectivity index (χ4v) is 4.54.